The summed E-state index contributed by atoms with van der Waals surface area (Å²) in [6.45, 7) is 6.67. The maximum atomic E-state index is 15.5. The summed E-state index contributed by atoms with van der Waals surface area (Å²) < 4.78 is 19.7. The second-order valence-corrected chi connectivity index (χ2v) is 11.6. The van der Waals surface area contributed by atoms with Gasteiger partial charge in [0, 0.05) is 30.1 Å². The van der Waals surface area contributed by atoms with Gasteiger partial charge >= 0.3 is 0 Å². The van der Waals surface area contributed by atoms with Gasteiger partial charge in [-0.25, -0.2) is 9.37 Å². The molecular formula is C30H34FN5O. The van der Waals surface area contributed by atoms with Crippen molar-refractivity contribution in [3.8, 4) is 11.5 Å². The van der Waals surface area contributed by atoms with Gasteiger partial charge in [0.15, 0.2) is 5.82 Å². The van der Waals surface area contributed by atoms with Crippen LogP contribution >= 0.6 is 0 Å². The van der Waals surface area contributed by atoms with Crippen LogP contribution in [0.25, 0.3) is 33.5 Å². The zero-order chi connectivity index (χ0) is 25.6. The van der Waals surface area contributed by atoms with Crippen LogP contribution in [0.2, 0.25) is 0 Å². The molecule has 192 valence electrons. The molecule has 2 aromatic heterocycles. The fraction of sp³-hybridized carbons (Fsp3) is 0.467. The van der Waals surface area contributed by atoms with Crippen LogP contribution in [0.15, 0.2) is 36.4 Å². The molecule has 0 radical (unpaired) electrons. The number of halogens is 1. The molecule has 0 saturated heterocycles. The summed E-state index contributed by atoms with van der Waals surface area (Å²) in [5, 5.41) is 8.01. The lowest BCUT2D eigenvalue weighted by Crippen LogP contribution is -2.45. The van der Waals surface area contributed by atoms with Crippen LogP contribution < -0.4 is 10.6 Å². The number of aromatic nitrogens is 3. The minimum absolute atomic E-state index is 0.191. The van der Waals surface area contributed by atoms with Crippen LogP contribution in [0.5, 0.6) is 0 Å². The van der Waals surface area contributed by atoms with Gasteiger partial charge in [-0.2, -0.15) is 0 Å². The standard InChI is InChI=1S/C30H34FN5O/c1-5-24-16(3)32-22-8-6-7-18-14-25(36(24)27(18)22)29-33-23-13-19(12-20(31)28(23)35(29)4)30(37)34-21-10-9-17-11-15(2)26(17)21/h6-8,12-17,21,24,26,32H,5,9-11H2,1-4H3,(H,34,37)/t15-,16?,17-,21-,24?,26?/m1/s1. The number of hydrogen-bond donors (Lipinski definition) is 2. The summed E-state index contributed by atoms with van der Waals surface area (Å²) in [7, 11) is 1.86. The Hall–Kier alpha value is -3.35. The van der Waals surface area contributed by atoms with E-state index in [4.69, 9.17) is 4.98 Å². The molecule has 3 unspecified atom stereocenters. The monoisotopic (exact) mass is 499 g/mol. The van der Waals surface area contributed by atoms with E-state index in [9.17, 15) is 4.79 Å². The highest BCUT2D eigenvalue weighted by molar-refractivity contribution is 5.99. The van der Waals surface area contributed by atoms with E-state index in [-0.39, 0.29) is 24.0 Å². The van der Waals surface area contributed by atoms with E-state index in [0.29, 0.717) is 34.3 Å². The lowest BCUT2D eigenvalue weighted by atomic mass is 9.66. The molecule has 1 aliphatic heterocycles. The van der Waals surface area contributed by atoms with Gasteiger partial charge in [0.2, 0.25) is 0 Å². The van der Waals surface area contributed by atoms with Gasteiger partial charge in [-0.3, -0.25) is 4.79 Å². The van der Waals surface area contributed by atoms with Gasteiger partial charge in [0.05, 0.1) is 28.5 Å². The van der Waals surface area contributed by atoms with Crippen molar-refractivity contribution >= 4 is 33.5 Å². The van der Waals surface area contributed by atoms with Crippen LogP contribution in [-0.2, 0) is 7.05 Å². The average Bonchev–Trinajstić information content (AvgIpc) is 3.51. The van der Waals surface area contributed by atoms with E-state index in [2.05, 4.69) is 60.2 Å². The Morgan fingerprint density at radius 2 is 2.03 bits per heavy atom. The van der Waals surface area contributed by atoms with Crippen LogP contribution in [0, 0.1) is 23.6 Å². The largest absolute Gasteiger partial charge is 0.379 e. The first kappa shape index (κ1) is 22.8. The molecule has 3 aliphatic rings. The molecule has 2 aromatic carbocycles. The molecule has 2 saturated carbocycles. The number of imidazole rings is 1. The summed E-state index contributed by atoms with van der Waals surface area (Å²) in [5.41, 5.74) is 4.53. The fourth-order valence-electron chi connectivity index (χ4n) is 7.78. The number of anilines is 1. The van der Waals surface area contributed by atoms with Crippen molar-refractivity contribution < 1.29 is 9.18 Å². The smallest absolute Gasteiger partial charge is 0.251 e. The number of benzene rings is 2. The second kappa shape index (κ2) is 8.07. The predicted octanol–water partition coefficient (Wildman–Crippen LogP) is 6.26. The van der Waals surface area contributed by atoms with Gasteiger partial charge in [-0.1, -0.05) is 26.0 Å². The lowest BCUT2D eigenvalue weighted by molar-refractivity contribution is 0.0779. The molecule has 37 heavy (non-hydrogen) atoms. The van der Waals surface area contributed by atoms with E-state index in [1.807, 2.05) is 11.6 Å². The number of carbonyl (C=O) groups is 1. The number of carbonyl (C=O) groups excluding carboxylic acids is 1. The number of hydrogen-bond acceptors (Lipinski definition) is 3. The van der Waals surface area contributed by atoms with Gasteiger partial charge in [-0.05, 0) is 74.6 Å². The SMILES string of the molecule is CCC1C(C)Nc2cccc3cc(-c4nc5cc(C(=O)N[C@@H]6CC[C@@H]7C[C@@H](C)C76)cc(F)c5n4C)n1c23. The molecule has 2 N–H and O–H groups in total. The number of nitrogens with zero attached hydrogens (tertiary/aromatic N) is 3. The van der Waals surface area contributed by atoms with Crippen molar-refractivity contribution in [2.45, 2.75) is 64.6 Å². The highest BCUT2D eigenvalue weighted by Gasteiger charge is 2.47. The molecule has 7 heteroatoms. The quantitative estimate of drug-likeness (QED) is 0.348. The molecule has 0 bridgehead atoms. The topological polar surface area (TPSA) is 63.9 Å². The van der Waals surface area contributed by atoms with Crippen LogP contribution in [0.4, 0.5) is 10.1 Å². The van der Waals surface area contributed by atoms with Gasteiger partial charge in [-0.15, -0.1) is 0 Å². The number of nitrogens with one attached hydrogen (secondary N) is 2. The minimum Gasteiger partial charge on any atom is -0.379 e. The number of amides is 1. The molecule has 3 heterocycles. The van der Waals surface area contributed by atoms with Crippen molar-refractivity contribution in [3.05, 3.63) is 47.8 Å². The molecule has 4 aromatic rings. The zero-order valence-electron chi connectivity index (χ0n) is 21.9. The first-order valence-electron chi connectivity index (χ1n) is 13.7. The van der Waals surface area contributed by atoms with E-state index in [1.54, 1.807) is 6.07 Å². The lowest BCUT2D eigenvalue weighted by Gasteiger charge is -2.41. The molecule has 2 aliphatic carbocycles. The number of rotatable bonds is 4. The van der Waals surface area contributed by atoms with Crippen LogP contribution in [-0.4, -0.2) is 32.1 Å². The summed E-state index contributed by atoms with van der Waals surface area (Å²) in [6.07, 6.45) is 4.42. The summed E-state index contributed by atoms with van der Waals surface area (Å²) in [6, 6.07) is 12.3. The third kappa shape index (κ3) is 3.22. The average molecular weight is 500 g/mol. The zero-order valence-corrected chi connectivity index (χ0v) is 21.9. The Labute approximate surface area is 216 Å². The van der Waals surface area contributed by atoms with Crippen molar-refractivity contribution in [2.75, 3.05) is 5.32 Å². The van der Waals surface area contributed by atoms with Gasteiger partial charge in [0.1, 0.15) is 11.3 Å². The van der Waals surface area contributed by atoms with Crippen molar-refractivity contribution in [1.82, 2.24) is 19.4 Å². The Morgan fingerprint density at radius 3 is 2.81 bits per heavy atom. The molecule has 1 amide bonds. The van der Waals surface area contributed by atoms with E-state index in [0.717, 1.165) is 41.0 Å². The van der Waals surface area contributed by atoms with E-state index >= 15 is 4.39 Å². The maximum absolute atomic E-state index is 15.5. The molecule has 7 rings (SSSR count). The Bertz CT molecular complexity index is 1570. The highest BCUT2D eigenvalue weighted by atomic mass is 19.1. The molecule has 6 atom stereocenters. The number of fused-ring (bicyclic) bond motifs is 2. The fourth-order valence-corrected chi connectivity index (χ4v) is 7.78. The Morgan fingerprint density at radius 1 is 1.19 bits per heavy atom. The third-order valence-corrected chi connectivity index (χ3v) is 9.49. The normalized spacial score (nSPS) is 28.2. The van der Waals surface area contributed by atoms with E-state index < -0.39 is 5.82 Å². The first-order chi connectivity index (χ1) is 17.9. The maximum Gasteiger partial charge on any atom is 0.251 e. The van der Waals surface area contributed by atoms with Crippen molar-refractivity contribution in [3.63, 3.8) is 0 Å². The molecule has 0 spiro atoms. The van der Waals surface area contributed by atoms with Gasteiger partial charge in [0.25, 0.3) is 5.91 Å². The number of para-hydroxylation sites is 1. The minimum atomic E-state index is -0.414. The molecule has 2 fully saturated rings. The first-order valence-corrected chi connectivity index (χ1v) is 13.7. The second-order valence-electron chi connectivity index (χ2n) is 11.6. The molecule has 6 nitrogen and oxygen atoms in total. The Kier molecular flexibility index (Phi) is 4.98. The number of aryl methyl sites for hydroxylation is 1. The summed E-state index contributed by atoms with van der Waals surface area (Å²) >= 11 is 0. The third-order valence-electron chi connectivity index (χ3n) is 9.49. The molecular weight excluding hydrogens is 465 g/mol. The van der Waals surface area contributed by atoms with Crippen LogP contribution in [0.3, 0.4) is 0 Å². The van der Waals surface area contributed by atoms with Crippen molar-refractivity contribution in [1.29, 1.82) is 0 Å². The Balaban J connectivity index is 1.30. The highest BCUT2D eigenvalue weighted by Crippen LogP contribution is 2.51. The van der Waals surface area contributed by atoms with E-state index in [1.165, 1.54) is 18.9 Å². The summed E-state index contributed by atoms with van der Waals surface area (Å²) in [4.78, 5) is 18.1. The predicted molar refractivity (Wildman–Crippen MR) is 145 cm³/mol. The van der Waals surface area contributed by atoms with Crippen molar-refractivity contribution in [2.24, 2.45) is 24.8 Å². The summed E-state index contributed by atoms with van der Waals surface area (Å²) in [5.74, 6) is 2.05. The van der Waals surface area contributed by atoms with Gasteiger partial charge < -0.3 is 19.8 Å². The van der Waals surface area contributed by atoms with Crippen LogP contribution in [0.1, 0.15) is 62.9 Å².